The van der Waals surface area contributed by atoms with Crippen molar-refractivity contribution in [2.45, 2.75) is 65.0 Å². The summed E-state index contributed by atoms with van der Waals surface area (Å²) in [7, 11) is -0.00218. The lowest BCUT2D eigenvalue weighted by molar-refractivity contribution is -0.150. The maximum absolute atomic E-state index is 6.19. The number of hydrogen-bond donors (Lipinski definition) is 0. The number of rotatable bonds is 0. The van der Waals surface area contributed by atoms with Crippen LogP contribution >= 0.6 is 0 Å². The Morgan fingerprint density at radius 3 is 2.38 bits per heavy atom. The Balaban J connectivity index is 1.78. The van der Waals surface area contributed by atoms with Gasteiger partial charge >= 0.3 is 7.12 Å². The molecule has 0 aromatic carbocycles. The molecule has 90 valence electrons. The molecule has 4 rings (SSSR count). The summed E-state index contributed by atoms with van der Waals surface area (Å²) in [4.78, 5) is 0. The molecule has 0 N–H and O–H groups in total. The van der Waals surface area contributed by atoms with Crippen molar-refractivity contribution in [3.05, 3.63) is 0 Å². The molecule has 0 amide bonds. The molecule has 1 heterocycles. The second-order valence-electron chi connectivity index (χ2n) is 7.57. The fourth-order valence-electron chi connectivity index (χ4n) is 3.74. The van der Waals surface area contributed by atoms with Crippen molar-refractivity contribution in [3.8, 4) is 0 Å². The minimum atomic E-state index is -0.00218. The van der Waals surface area contributed by atoms with Crippen molar-refractivity contribution in [1.82, 2.24) is 0 Å². The third-order valence-corrected chi connectivity index (χ3v) is 5.11. The zero-order valence-corrected chi connectivity index (χ0v) is 11.1. The average Bonchev–Trinajstić information content (AvgIpc) is 2.59. The summed E-state index contributed by atoms with van der Waals surface area (Å²) in [5, 5.41) is 0.103. The minimum absolute atomic E-state index is 0.00218. The largest absolute Gasteiger partial charge is 0.463 e. The zero-order chi connectivity index (χ0) is 11.7. The third-order valence-electron chi connectivity index (χ3n) is 5.11. The van der Waals surface area contributed by atoms with Crippen LogP contribution in [0.2, 0.25) is 5.31 Å². The molecule has 0 aromatic rings. The van der Waals surface area contributed by atoms with Gasteiger partial charge in [0.1, 0.15) is 0 Å². The second-order valence-corrected chi connectivity index (χ2v) is 7.57. The Bertz CT molecular complexity index is 308. The van der Waals surface area contributed by atoms with Gasteiger partial charge in [-0.25, -0.2) is 0 Å². The van der Waals surface area contributed by atoms with Gasteiger partial charge in [-0.1, -0.05) is 34.6 Å². The molecule has 2 bridgehead atoms. The van der Waals surface area contributed by atoms with E-state index in [9.17, 15) is 0 Å². The van der Waals surface area contributed by atoms with Crippen LogP contribution in [-0.2, 0) is 9.31 Å². The molecule has 1 aliphatic heterocycles. The molecule has 0 spiro atoms. The zero-order valence-electron chi connectivity index (χ0n) is 11.1. The summed E-state index contributed by atoms with van der Waals surface area (Å²) in [5.74, 6) is 1.59. The molecule has 16 heavy (non-hydrogen) atoms. The van der Waals surface area contributed by atoms with E-state index in [-0.39, 0.29) is 12.4 Å². The van der Waals surface area contributed by atoms with Crippen LogP contribution in [0, 0.1) is 17.3 Å². The van der Waals surface area contributed by atoms with Crippen molar-refractivity contribution in [2.24, 2.45) is 17.3 Å². The molecular formula is C13H23BO2. The predicted octanol–water partition coefficient (Wildman–Crippen LogP) is 3.12. The summed E-state index contributed by atoms with van der Waals surface area (Å²) in [5.41, 5.74) is 0.483. The molecule has 0 aromatic heterocycles. The summed E-state index contributed by atoms with van der Waals surface area (Å²) >= 11 is 0. The Hall–Kier alpha value is -0.0151. The van der Waals surface area contributed by atoms with Gasteiger partial charge in [0.15, 0.2) is 0 Å². The Morgan fingerprint density at radius 2 is 1.81 bits per heavy atom. The molecule has 3 aliphatic carbocycles. The van der Waals surface area contributed by atoms with Gasteiger partial charge < -0.3 is 9.31 Å². The van der Waals surface area contributed by atoms with Gasteiger partial charge in [-0.3, -0.25) is 0 Å². The SMILES string of the molecule is CC(C)(C)B1OC2CC3CC(C2O1)C3(C)C. The van der Waals surface area contributed by atoms with Gasteiger partial charge in [0.05, 0.1) is 12.2 Å². The Morgan fingerprint density at radius 1 is 1.12 bits per heavy atom. The van der Waals surface area contributed by atoms with E-state index in [0.717, 1.165) is 11.8 Å². The topological polar surface area (TPSA) is 18.5 Å². The molecule has 3 saturated carbocycles. The molecule has 4 fully saturated rings. The van der Waals surface area contributed by atoms with Crippen LogP contribution in [-0.4, -0.2) is 19.3 Å². The highest BCUT2D eigenvalue weighted by Crippen LogP contribution is 2.62. The van der Waals surface area contributed by atoms with E-state index >= 15 is 0 Å². The maximum Gasteiger partial charge on any atom is 0.463 e. The van der Waals surface area contributed by atoms with Gasteiger partial charge in [-0.05, 0) is 35.4 Å². The van der Waals surface area contributed by atoms with E-state index in [0.29, 0.717) is 17.6 Å². The third kappa shape index (κ3) is 1.34. The van der Waals surface area contributed by atoms with Crippen LogP contribution in [0.4, 0.5) is 0 Å². The van der Waals surface area contributed by atoms with Crippen LogP contribution in [0.3, 0.4) is 0 Å². The quantitative estimate of drug-likeness (QED) is 0.586. The highest BCUT2D eigenvalue weighted by Gasteiger charge is 2.63. The van der Waals surface area contributed by atoms with E-state index < -0.39 is 0 Å². The monoisotopic (exact) mass is 222 g/mol. The lowest BCUT2D eigenvalue weighted by atomic mass is 9.47. The summed E-state index contributed by atoms with van der Waals surface area (Å²) in [6.07, 6.45) is 3.31. The van der Waals surface area contributed by atoms with Crippen LogP contribution in [0.15, 0.2) is 0 Å². The second kappa shape index (κ2) is 3.05. The number of hydrogen-bond acceptors (Lipinski definition) is 2. The highest BCUT2D eigenvalue weighted by atomic mass is 16.7. The first-order chi connectivity index (χ1) is 7.30. The van der Waals surface area contributed by atoms with E-state index in [1.165, 1.54) is 12.8 Å². The smallest absolute Gasteiger partial charge is 0.405 e. The average molecular weight is 222 g/mol. The van der Waals surface area contributed by atoms with Gasteiger partial charge in [-0.15, -0.1) is 0 Å². The van der Waals surface area contributed by atoms with E-state index in [1.807, 2.05) is 0 Å². The van der Waals surface area contributed by atoms with Crippen molar-refractivity contribution in [1.29, 1.82) is 0 Å². The first-order valence-electron chi connectivity index (χ1n) is 6.61. The molecule has 4 unspecified atom stereocenters. The molecule has 3 heteroatoms. The van der Waals surface area contributed by atoms with Gasteiger partial charge in [-0.2, -0.15) is 0 Å². The van der Waals surface area contributed by atoms with Crippen LogP contribution in [0.1, 0.15) is 47.5 Å². The molecule has 1 saturated heterocycles. The lowest BCUT2D eigenvalue weighted by Gasteiger charge is -2.60. The standard InChI is InChI=1S/C13H23BO2/c1-12(2,3)14-15-10-7-8-6-9(11(10)16-14)13(8,4)5/h8-11H,6-7H2,1-5H3. The first kappa shape index (κ1) is 11.1. The van der Waals surface area contributed by atoms with Gasteiger partial charge in [0, 0.05) is 0 Å². The fourth-order valence-corrected chi connectivity index (χ4v) is 3.74. The maximum atomic E-state index is 6.19. The van der Waals surface area contributed by atoms with Crippen molar-refractivity contribution in [2.75, 3.05) is 0 Å². The van der Waals surface area contributed by atoms with Gasteiger partial charge in [0.2, 0.25) is 0 Å². The Kier molecular flexibility index (Phi) is 2.12. The summed E-state index contributed by atoms with van der Waals surface area (Å²) in [6.45, 7) is 11.4. The fraction of sp³-hybridized carbons (Fsp3) is 1.00. The van der Waals surface area contributed by atoms with Crippen molar-refractivity contribution in [3.63, 3.8) is 0 Å². The molecule has 2 nitrogen and oxygen atoms in total. The lowest BCUT2D eigenvalue weighted by Crippen LogP contribution is -2.59. The molecule has 0 radical (unpaired) electrons. The van der Waals surface area contributed by atoms with E-state index in [1.54, 1.807) is 0 Å². The summed E-state index contributed by atoms with van der Waals surface area (Å²) in [6, 6.07) is 0. The minimum Gasteiger partial charge on any atom is -0.405 e. The van der Waals surface area contributed by atoms with Crippen LogP contribution < -0.4 is 0 Å². The summed E-state index contributed by atoms with van der Waals surface area (Å²) < 4.78 is 12.3. The first-order valence-corrected chi connectivity index (χ1v) is 6.61. The van der Waals surface area contributed by atoms with Crippen molar-refractivity contribution >= 4 is 7.12 Å². The highest BCUT2D eigenvalue weighted by molar-refractivity contribution is 6.49. The predicted molar refractivity (Wildman–Crippen MR) is 65.2 cm³/mol. The molecule has 4 aliphatic rings. The van der Waals surface area contributed by atoms with Crippen molar-refractivity contribution < 1.29 is 9.31 Å². The Labute approximate surface area is 99.2 Å². The normalized spacial score (nSPS) is 45.2. The van der Waals surface area contributed by atoms with Crippen LogP contribution in [0.25, 0.3) is 0 Å². The van der Waals surface area contributed by atoms with Crippen LogP contribution in [0.5, 0.6) is 0 Å². The van der Waals surface area contributed by atoms with E-state index in [2.05, 4.69) is 34.6 Å². The molecule has 4 atom stereocenters. The van der Waals surface area contributed by atoms with E-state index in [4.69, 9.17) is 9.31 Å². The molecular weight excluding hydrogens is 199 g/mol. The van der Waals surface area contributed by atoms with Gasteiger partial charge in [0.25, 0.3) is 0 Å².